The highest BCUT2D eigenvalue weighted by Crippen LogP contribution is 2.11. The molecule has 0 aliphatic carbocycles. The Morgan fingerprint density at radius 3 is 3.07 bits per heavy atom. The number of aryl methyl sites for hydroxylation is 1. The number of hydrogen-bond donors (Lipinski definition) is 3. The van der Waals surface area contributed by atoms with Gasteiger partial charge in [0.05, 0.1) is 12.2 Å². The van der Waals surface area contributed by atoms with E-state index >= 15 is 0 Å². The van der Waals surface area contributed by atoms with E-state index in [9.17, 15) is 0 Å². The summed E-state index contributed by atoms with van der Waals surface area (Å²) in [6.07, 6.45) is 3.74. The Bertz CT molecular complexity index is 404. The van der Waals surface area contributed by atoms with Crippen molar-refractivity contribution in [3.63, 3.8) is 0 Å². The monoisotopic (exact) mass is 208 g/mol. The zero-order valence-corrected chi connectivity index (χ0v) is 8.25. The zero-order chi connectivity index (χ0) is 10.7. The lowest BCUT2D eigenvalue weighted by Gasteiger charge is -2.11. The molecule has 2 heterocycles. The Morgan fingerprint density at radius 2 is 2.53 bits per heavy atom. The van der Waals surface area contributed by atoms with Crippen molar-refractivity contribution in [3.8, 4) is 0 Å². The van der Waals surface area contributed by atoms with E-state index in [1.165, 1.54) is 6.33 Å². The first kappa shape index (κ1) is 9.74. The van der Waals surface area contributed by atoms with Gasteiger partial charge in [0.25, 0.3) is 0 Å². The van der Waals surface area contributed by atoms with Crippen LogP contribution in [0.4, 0.5) is 0 Å². The normalized spacial score (nSPS) is 12.9. The molecule has 0 spiro atoms. The summed E-state index contributed by atoms with van der Waals surface area (Å²) in [6.45, 7) is 0. The molecule has 0 amide bonds. The predicted molar refractivity (Wildman–Crippen MR) is 51.2 cm³/mol. The van der Waals surface area contributed by atoms with E-state index in [1.54, 1.807) is 10.9 Å². The van der Waals surface area contributed by atoms with Crippen LogP contribution in [0.5, 0.6) is 0 Å². The van der Waals surface area contributed by atoms with Crippen LogP contribution in [0.15, 0.2) is 12.5 Å². The topological polar surface area (TPSA) is 110 Å². The molecule has 1 atom stereocenters. The fourth-order valence-electron chi connectivity index (χ4n) is 1.31. The minimum atomic E-state index is -0.119. The molecular weight excluding hydrogens is 196 g/mol. The Kier molecular flexibility index (Phi) is 2.70. The molecule has 4 N–H and O–H groups in total. The minimum Gasteiger partial charge on any atom is -0.271 e. The summed E-state index contributed by atoms with van der Waals surface area (Å²) in [7, 11) is 1.83. The first-order valence-corrected chi connectivity index (χ1v) is 4.46. The molecule has 0 aliphatic rings. The van der Waals surface area contributed by atoms with E-state index < -0.39 is 0 Å². The van der Waals surface area contributed by atoms with E-state index in [1.807, 2.05) is 7.05 Å². The van der Waals surface area contributed by atoms with Gasteiger partial charge in [-0.3, -0.25) is 16.0 Å². The van der Waals surface area contributed by atoms with Gasteiger partial charge in [-0.15, -0.1) is 0 Å². The molecule has 1 unspecified atom stereocenters. The maximum absolute atomic E-state index is 5.44. The average molecular weight is 208 g/mol. The SMILES string of the molecule is Cn1ncnc1CC(NN)c1cn[nH]n1. The lowest BCUT2D eigenvalue weighted by Crippen LogP contribution is -2.30. The first-order chi connectivity index (χ1) is 7.31. The van der Waals surface area contributed by atoms with Crippen molar-refractivity contribution in [3.05, 3.63) is 24.0 Å². The van der Waals surface area contributed by atoms with Crippen LogP contribution >= 0.6 is 0 Å². The maximum atomic E-state index is 5.44. The summed E-state index contributed by atoms with van der Waals surface area (Å²) < 4.78 is 1.70. The number of rotatable bonds is 4. The second kappa shape index (κ2) is 4.15. The number of aromatic nitrogens is 6. The fourth-order valence-corrected chi connectivity index (χ4v) is 1.31. The van der Waals surface area contributed by atoms with Crippen LogP contribution in [0.1, 0.15) is 17.6 Å². The van der Waals surface area contributed by atoms with Gasteiger partial charge in [-0.25, -0.2) is 4.98 Å². The van der Waals surface area contributed by atoms with Crippen molar-refractivity contribution >= 4 is 0 Å². The Balaban J connectivity index is 2.13. The van der Waals surface area contributed by atoms with Gasteiger partial charge in [0.2, 0.25) is 0 Å². The summed E-state index contributed by atoms with van der Waals surface area (Å²) in [6, 6.07) is -0.119. The molecule has 2 rings (SSSR count). The van der Waals surface area contributed by atoms with Crippen molar-refractivity contribution in [1.29, 1.82) is 0 Å². The Labute approximate surface area is 85.9 Å². The van der Waals surface area contributed by atoms with Crippen LogP contribution in [0, 0.1) is 0 Å². The van der Waals surface area contributed by atoms with E-state index in [2.05, 4.69) is 30.9 Å². The largest absolute Gasteiger partial charge is 0.271 e. The number of nitrogens with two attached hydrogens (primary N) is 1. The molecule has 0 aromatic carbocycles. The highest BCUT2D eigenvalue weighted by Gasteiger charge is 2.15. The number of nitrogens with zero attached hydrogens (tertiary/aromatic N) is 5. The van der Waals surface area contributed by atoms with E-state index in [-0.39, 0.29) is 6.04 Å². The van der Waals surface area contributed by atoms with Crippen LogP contribution < -0.4 is 11.3 Å². The molecular formula is C7H12N8. The molecule has 2 aromatic heterocycles. The minimum absolute atomic E-state index is 0.119. The van der Waals surface area contributed by atoms with Gasteiger partial charge in [0.1, 0.15) is 17.8 Å². The molecule has 0 aliphatic heterocycles. The van der Waals surface area contributed by atoms with Crippen molar-refractivity contribution in [2.75, 3.05) is 0 Å². The van der Waals surface area contributed by atoms with Gasteiger partial charge in [0, 0.05) is 13.5 Å². The molecule has 8 heteroatoms. The van der Waals surface area contributed by atoms with Crippen LogP contribution in [-0.2, 0) is 13.5 Å². The molecule has 8 nitrogen and oxygen atoms in total. The second-order valence-corrected chi connectivity index (χ2v) is 3.12. The molecule has 15 heavy (non-hydrogen) atoms. The van der Waals surface area contributed by atoms with Gasteiger partial charge in [-0.1, -0.05) is 0 Å². The third kappa shape index (κ3) is 2.00. The van der Waals surface area contributed by atoms with Gasteiger partial charge >= 0.3 is 0 Å². The lowest BCUT2D eigenvalue weighted by atomic mass is 10.1. The fraction of sp³-hybridized carbons (Fsp3) is 0.429. The summed E-state index contributed by atoms with van der Waals surface area (Å²) in [4.78, 5) is 4.11. The molecule has 80 valence electrons. The van der Waals surface area contributed by atoms with E-state index in [0.29, 0.717) is 6.42 Å². The second-order valence-electron chi connectivity index (χ2n) is 3.12. The smallest absolute Gasteiger partial charge is 0.138 e. The quantitative estimate of drug-likeness (QED) is 0.424. The number of aromatic amines is 1. The summed E-state index contributed by atoms with van der Waals surface area (Å²) >= 11 is 0. The molecule has 0 saturated carbocycles. The molecule has 0 bridgehead atoms. The van der Waals surface area contributed by atoms with E-state index in [4.69, 9.17) is 5.84 Å². The van der Waals surface area contributed by atoms with E-state index in [0.717, 1.165) is 11.5 Å². The summed E-state index contributed by atoms with van der Waals surface area (Å²) in [5, 5.41) is 14.2. The summed E-state index contributed by atoms with van der Waals surface area (Å²) in [5.41, 5.74) is 3.42. The number of nitrogens with one attached hydrogen (secondary N) is 2. The first-order valence-electron chi connectivity index (χ1n) is 4.46. The highest BCUT2D eigenvalue weighted by molar-refractivity contribution is 5.03. The molecule has 0 radical (unpaired) electrons. The zero-order valence-electron chi connectivity index (χ0n) is 8.25. The van der Waals surface area contributed by atoms with Gasteiger partial charge in [-0.2, -0.15) is 20.5 Å². The number of hydrazine groups is 1. The van der Waals surface area contributed by atoms with Crippen molar-refractivity contribution in [2.24, 2.45) is 12.9 Å². The van der Waals surface area contributed by atoms with Crippen LogP contribution in [-0.4, -0.2) is 30.2 Å². The third-order valence-corrected chi connectivity index (χ3v) is 2.18. The maximum Gasteiger partial charge on any atom is 0.138 e. The number of hydrogen-bond acceptors (Lipinski definition) is 6. The predicted octanol–water partition coefficient (Wildman–Crippen LogP) is -1.32. The number of H-pyrrole nitrogens is 1. The average Bonchev–Trinajstić information content (AvgIpc) is 2.86. The molecule has 2 aromatic rings. The van der Waals surface area contributed by atoms with Crippen molar-refractivity contribution < 1.29 is 0 Å². The van der Waals surface area contributed by atoms with Gasteiger partial charge in [-0.05, 0) is 0 Å². The standard InChI is InChI=1S/C7H12N8/c1-15-7(9-4-11-15)2-5(12-8)6-3-10-14-13-6/h3-5,12H,2,8H2,1H3,(H,10,13,14). The third-order valence-electron chi connectivity index (χ3n) is 2.18. The Hall–Kier alpha value is -1.80. The molecule has 0 fully saturated rings. The van der Waals surface area contributed by atoms with Crippen LogP contribution in [0.3, 0.4) is 0 Å². The highest BCUT2D eigenvalue weighted by atomic mass is 15.3. The lowest BCUT2D eigenvalue weighted by molar-refractivity contribution is 0.511. The van der Waals surface area contributed by atoms with Gasteiger partial charge < -0.3 is 0 Å². The Morgan fingerprint density at radius 1 is 1.67 bits per heavy atom. The van der Waals surface area contributed by atoms with Crippen LogP contribution in [0.25, 0.3) is 0 Å². The summed E-state index contributed by atoms with van der Waals surface area (Å²) in [5.74, 6) is 6.28. The van der Waals surface area contributed by atoms with Crippen molar-refractivity contribution in [2.45, 2.75) is 12.5 Å². The van der Waals surface area contributed by atoms with Crippen LogP contribution in [0.2, 0.25) is 0 Å². The van der Waals surface area contributed by atoms with Crippen molar-refractivity contribution in [1.82, 2.24) is 35.6 Å². The molecule has 0 saturated heterocycles. The van der Waals surface area contributed by atoms with Gasteiger partial charge in [0.15, 0.2) is 0 Å².